The van der Waals surface area contributed by atoms with E-state index in [0.717, 1.165) is 12.1 Å². The lowest BCUT2D eigenvalue weighted by Crippen LogP contribution is -2.25. The molecule has 1 aromatic rings. The predicted octanol–water partition coefficient (Wildman–Crippen LogP) is -0.0825. The molecule has 0 unspecified atom stereocenters. The number of carbonyl (C=O) groups excluding carboxylic acids is 2. The number of rotatable bonds is 4. The van der Waals surface area contributed by atoms with E-state index < -0.39 is 23.1 Å². The number of nitrogens with zero attached hydrogens (tertiary/aromatic N) is 1. The van der Waals surface area contributed by atoms with Gasteiger partial charge in [-0.1, -0.05) is 0 Å². The summed E-state index contributed by atoms with van der Waals surface area (Å²) in [6.07, 6.45) is -0.724. The number of carboxylic acid groups (broad SMARTS) is 1. The molecule has 1 rings (SSSR count). The molecule has 0 bridgehead atoms. The molecule has 0 atom stereocenters. The number of non-ortho nitro benzene ring substituents is 1. The minimum Gasteiger partial charge on any atom is -0.550 e. The van der Waals surface area contributed by atoms with Crippen molar-refractivity contribution in [2.45, 2.75) is 6.42 Å². The van der Waals surface area contributed by atoms with Crippen LogP contribution in [0.2, 0.25) is 0 Å². The average molecular weight is 208 g/mol. The maximum atomic E-state index is 11.1. The number of nitro benzene ring substituents is 1. The first kappa shape index (κ1) is 10.8. The number of carbonyl (C=O) groups is 2. The van der Waals surface area contributed by atoms with Gasteiger partial charge in [0.2, 0.25) is 0 Å². The zero-order valence-corrected chi connectivity index (χ0v) is 7.50. The molecule has 0 aromatic heterocycles. The van der Waals surface area contributed by atoms with Gasteiger partial charge in [-0.05, 0) is 12.1 Å². The van der Waals surface area contributed by atoms with Gasteiger partial charge in [-0.25, -0.2) is 0 Å². The molecule has 0 aliphatic heterocycles. The zero-order valence-electron chi connectivity index (χ0n) is 7.50. The Morgan fingerprint density at radius 3 is 2.13 bits per heavy atom. The number of carboxylic acids is 1. The van der Waals surface area contributed by atoms with Gasteiger partial charge in [-0.15, -0.1) is 0 Å². The quantitative estimate of drug-likeness (QED) is 0.298. The number of nitro groups is 1. The van der Waals surface area contributed by atoms with Crippen molar-refractivity contribution in [3.63, 3.8) is 0 Å². The van der Waals surface area contributed by atoms with E-state index in [1.54, 1.807) is 0 Å². The highest BCUT2D eigenvalue weighted by molar-refractivity contribution is 6.05. The largest absolute Gasteiger partial charge is 0.550 e. The second-order valence-corrected chi connectivity index (χ2v) is 2.78. The van der Waals surface area contributed by atoms with Gasteiger partial charge < -0.3 is 9.90 Å². The van der Waals surface area contributed by atoms with Gasteiger partial charge in [0, 0.05) is 23.7 Å². The van der Waals surface area contributed by atoms with E-state index in [-0.39, 0.29) is 11.3 Å². The Hall–Kier alpha value is -2.24. The monoisotopic (exact) mass is 208 g/mol. The van der Waals surface area contributed by atoms with Crippen molar-refractivity contribution < 1.29 is 19.6 Å². The van der Waals surface area contributed by atoms with Crippen molar-refractivity contribution in [3.8, 4) is 0 Å². The third-order valence-corrected chi connectivity index (χ3v) is 1.70. The molecule has 0 radical (unpaired) electrons. The van der Waals surface area contributed by atoms with Crippen molar-refractivity contribution in [1.82, 2.24) is 0 Å². The number of hydrogen-bond acceptors (Lipinski definition) is 5. The van der Waals surface area contributed by atoms with Gasteiger partial charge >= 0.3 is 0 Å². The van der Waals surface area contributed by atoms with E-state index in [0.29, 0.717) is 0 Å². The fraction of sp³-hybridized carbons (Fsp3) is 0.111. The molecule has 0 fully saturated rings. The third-order valence-electron chi connectivity index (χ3n) is 1.70. The maximum absolute atomic E-state index is 11.1. The zero-order chi connectivity index (χ0) is 11.4. The summed E-state index contributed by atoms with van der Waals surface area (Å²) in [4.78, 5) is 30.9. The topological polar surface area (TPSA) is 100 Å². The molecule has 0 spiro atoms. The second kappa shape index (κ2) is 4.32. The minimum absolute atomic E-state index is 0.116. The fourth-order valence-electron chi connectivity index (χ4n) is 1.00. The smallest absolute Gasteiger partial charge is 0.269 e. The van der Waals surface area contributed by atoms with E-state index >= 15 is 0 Å². The Balaban J connectivity index is 2.84. The van der Waals surface area contributed by atoms with Crippen LogP contribution in [0.4, 0.5) is 5.69 Å². The van der Waals surface area contributed by atoms with Crippen LogP contribution >= 0.6 is 0 Å². The van der Waals surface area contributed by atoms with Gasteiger partial charge in [-0.3, -0.25) is 14.9 Å². The molecule has 6 heteroatoms. The summed E-state index contributed by atoms with van der Waals surface area (Å²) in [5.41, 5.74) is -0.0372. The van der Waals surface area contributed by atoms with E-state index in [1.165, 1.54) is 12.1 Å². The van der Waals surface area contributed by atoms with Crippen LogP contribution in [0.1, 0.15) is 16.8 Å². The van der Waals surface area contributed by atoms with Crippen LogP contribution in [-0.4, -0.2) is 16.7 Å². The van der Waals surface area contributed by atoms with Crippen molar-refractivity contribution in [3.05, 3.63) is 39.9 Å². The third kappa shape index (κ3) is 2.87. The molecule has 6 nitrogen and oxygen atoms in total. The van der Waals surface area contributed by atoms with Gasteiger partial charge in [0.1, 0.15) is 0 Å². The molecule has 0 N–H and O–H groups in total. The highest BCUT2D eigenvalue weighted by Gasteiger charge is 2.09. The molecule has 15 heavy (non-hydrogen) atoms. The normalized spacial score (nSPS) is 9.60. The summed E-state index contributed by atoms with van der Waals surface area (Å²) < 4.78 is 0. The first-order valence-corrected chi connectivity index (χ1v) is 3.98. The fourth-order valence-corrected chi connectivity index (χ4v) is 1.00. The summed E-state index contributed by atoms with van der Waals surface area (Å²) in [5, 5.41) is 20.4. The Labute approximate surface area is 84.3 Å². The Morgan fingerprint density at radius 1 is 1.20 bits per heavy atom. The molecular formula is C9H6NO5-. The SMILES string of the molecule is O=C([O-])CC(=O)c1ccc([N+](=O)[O-])cc1. The molecule has 0 heterocycles. The first-order chi connectivity index (χ1) is 7.00. The van der Waals surface area contributed by atoms with Crippen LogP contribution in [-0.2, 0) is 4.79 Å². The lowest BCUT2D eigenvalue weighted by atomic mass is 10.1. The van der Waals surface area contributed by atoms with Gasteiger partial charge in [0.15, 0.2) is 5.78 Å². The Bertz CT molecular complexity index is 409. The number of benzene rings is 1. The van der Waals surface area contributed by atoms with Crippen molar-refractivity contribution >= 4 is 17.4 Å². The van der Waals surface area contributed by atoms with Crippen LogP contribution in [0.5, 0.6) is 0 Å². The van der Waals surface area contributed by atoms with Gasteiger partial charge in [0.05, 0.1) is 11.3 Å². The standard InChI is InChI=1S/C9H7NO5/c11-8(5-9(12)13)6-1-3-7(4-2-6)10(14)15/h1-4H,5H2,(H,12,13)/p-1. The van der Waals surface area contributed by atoms with Gasteiger partial charge in [-0.2, -0.15) is 0 Å². The minimum atomic E-state index is -1.47. The van der Waals surface area contributed by atoms with E-state index in [4.69, 9.17) is 0 Å². The Morgan fingerprint density at radius 2 is 1.73 bits per heavy atom. The number of aliphatic carboxylic acids is 1. The maximum Gasteiger partial charge on any atom is 0.269 e. The molecule has 0 saturated carbocycles. The van der Waals surface area contributed by atoms with Crippen LogP contribution in [0.3, 0.4) is 0 Å². The summed E-state index contributed by atoms with van der Waals surface area (Å²) in [7, 11) is 0. The van der Waals surface area contributed by atoms with Crippen LogP contribution in [0, 0.1) is 10.1 Å². The first-order valence-electron chi connectivity index (χ1n) is 3.98. The lowest BCUT2D eigenvalue weighted by Gasteiger charge is -2.01. The van der Waals surface area contributed by atoms with Crippen molar-refractivity contribution in [1.29, 1.82) is 0 Å². The molecule has 0 amide bonds. The lowest BCUT2D eigenvalue weighted by molar-refractivity contribution is -0.384. The molecule has 1 aromatic carbocycles. The predicted molar refractivity (Wildman–Crippen MR) is 47.1 cm³/mol. The van der Waals surface area contributed by atoms with Crippen molar-refractivity contribution in [2.75, 3.05) is 0 Å². The molecule has 0 saturated heterocycles. The average Bonchev–Trinajstić information content (AvgIpc) is 2.17. The number of ketones is 1. The van der Waals surface area contributed by atoms with E-state index in [2.05, 4.69) is 0 Å². The Kier molecular flexibility index (Phi) is 3.12. The summed E-state index contributed by atoms with van der Waals surface area (Å²) >= 11 is 0. The summed E-state index contributed by atoms with van der Waals surface area (Å²) in [6.45, 7) is 0. The molecule has 0 aliphatic rings. The van der Waals surface area contributed by atoms with E-state index in [1.807, 2.05) is 0 Å². The molecular weight excluding hydrogens is 202 g/mol. The van der Waals surface area contributed by atoms with Crippen LogP contribution in [0.15, 0.2) is 24.3 Å². The second-order valence-electron chi connectivity index (χ2n) is 2.78. The van der Waals surface area contributed by atoms with Crippen LogP contribution in [0.25, 0.3) is 0 Å². The molecule has 0 aliphatic carbocycles. The number of Topliss-reactive ketones (excluding diaryl/α,β-unsaturated/α-hetero) is 1. The summed E-state index contributed by atoms with van der Waals surface area (Å²) in [5.74, 6) is -2.11. The van der Waals surface area contributed by atoms with Crippen molar-refractivity contribution in [2.24, 2.45) is 0 Å². The number of hydrogen-bond donors (Lipinski definition) is 0. The highest BCUT2D eigenvalue weighted by Crippen LogP contribution is 2.12. The van der Waals surface area contributed by atoms with E-state index in [9.17, 15) is 24.8 Å². The van der Waals surface area contributed by atoms with Gasteiger partial charge in [0.25, 0.3) is 5.69 Å². The highest BCUT2D eigenvalue weighted by atomic mass is 16.6. The molecule has 78 valence electrons. The van der Waals surface area contributed by atoms with Crippen LogP contribution < -0.4 is 5.11 Å². The summed E-state index contributed by atoms with van der Waals surface area (Å²) in [6, 6.07) is 4.71.